The highest BCUT2D eigenvalue weighted by atomic mass is 31.2. The Morgan fingerprint density at radius 3 is 1.69 bits per heavy atom. The number of aliphatic hydroxyl groups excluding tert-OH is 8. The number of nitrogens with one attached hydrogen (secondary N) is 1. The monoisotopic (exact) mass is 661 g/mol. The zero-order chi connectivity index (χ0) is 32.4. The topological polar surface area (TPSA) is 321 Å². The van der Waals surface area contributed by atoms with Gasteiger partial charge in [-0.05, 0) is 13.8 Å². The van der Waals surface area contributed by atoms with Crippen LogP contribution in [0.1, 0.15) is 20.8 Å². The molecule has 0 aromatic carbocycles. The van der Waals surface area contributed by atoms with Crippen LogP contribution < -0.4 is 5.32 Å². The van der Waals surface area contributed by atoms with Crippen molar-refractivity contribution in [2.45, 2.75) is 88.0 Å². The van der Waals surface area contributed by atoms with E-state index in [1.165, 1.54) is 13.8 Å². The lowest BCUT2D eigenvalue weighted by atomic mass is 9.96. The molecule has 1 rings (SSSR count). The van der Waals surface area contributed by atoms with Crippen molar-refractivity contribution in [2.75, 3.05) is 33.0 Å². The Hall–Kier alpha value is -0.710. The maximum absolute atomic E-state index is 12.2. The van der Waals surface area contributed by atoms with Gasteiger partial charge in [-0.1, -0.05) is 0 Å². The highest BCUT2D eigenvalue weighted by Crippen LogP contribution is 2.45. The van der Waals surface area contributed by atoms with Crippen LogP contribution in [0.4, 0.5) is 0 Å². The number of hydrogen-bond acceptors (Lipinski definition) is 17. The molecular formula is C20H41NO19P2. The molecule has 42 heavy (non-hydrogen) atoms. The number of ether oxygens (including phenoxy) is 2. The summed E-state index contributed by atoms with van der Waals surface area (Å²) in [5, 5.41) is 81.8. The summed E-state index contributed by atoms with van der Waals surface area (Å²) < 4.78 is 53.4. The quantitative estimate of drug-likeness (QED) is 0.0580. The summed E-state index contributed by atoms with van der Waals surface area (Å²) in [5.74, 6) is -0.746. The molecule has 2 unspecified atom stereocenters. The Morgan fingerprint density at radius 2 is 1.29 bits per heavy atom. The normalized spacial score (nSPS) is 30.3. The number of phosphoric ester groups is 2. The number of carbonyl (C=O) groups is 1. The molecule has 1 heterocycles. The van der Waals surface area contributed by atoms with Crippen molar-refractivity contribution in [3.05, 3.63) is 0 Å². The van der Waals surface area contributed by atoms with Gasteiger partial charge < -0.3 is 65.4 Å². The van der Waals surface area contributed by atoms with Gasteiger partial charge in [0.25, 0.3) is 0 Å². The first-order chi connectivity index (χ1) is 19.3. The lowest BCUT2D eigenvalue weighted by Crippen LogP contribution is -2.66. The largest absolute Gasteiger partial charge is 0.472 e. The third-order valence-electron chi connectivity index (χ3n) is 5.56. The lowest BCUT2D eigenvalue weighted by molar-refractivity contribution is -0.299. The van der Waals surface area contributed by atoms with Crippen LogP contribution in [-0.2, 0) is 41.5 Å². The van der Waals surface area contributed by atoms with Gasteiger partial charge in [0.05, 0.1) is 45.2 Å². The molecule has 13 atom stereocenters. The maximum atomic E-state index is 12.2. The molecule has 11 N–H and O–H groups in total. The second-order valence-corrected chi connectivity index (χ2v) is 12.4. The van der Waals surface area contributed by atoms with Gasteiger partial charge in [-0.25, -0.2) is 9.13 Å². The zero-order valence-corrected chi connectivity index (χ0v) is 24.7. The molecule has 20 nitrogen and oxygen atoms in total. The fourth-order valence-corrected chi connectivity index (χ4v) is 4.87. The van der Waals surface area contributed by atoms with Gasteiger partial charge in [-0.15, -0.1) is 0 Å². The van der Waals surface area contributed by atoms with Crippen molar-refractivity contribution in [2.24, 2.45) is 0 Å². The minimum Gasteiger partial charge on any atom is -0.394 e. The van der Waals surface area contributed by atoms with Gasteiger partial charge in [0.2, 0.25) is 5.91 Å². The average Bonchev–Trinajstić information content (AvgIpc) is 2.90. The second kappa shape index (κ2) is 17.7. The average molecular weight is 661 g/mol. The van der Waals surface area contributed by atoms with Crippen molar-refractivity contribution in [3.63, 3.8) is 0 Å². The summed E-state index contributed by atoms with van der Waals surface area (Å²) >= 11 is 0. The van der Waals surface area contributed by atoms with Crippen LogP contribution in [0, 0.1) is 0 Å². The van der Waals surface area contributed by atoms with Crippen LogP contribution in [0.5, 0.6) is 0 Å². The van der Waals surface area contributed by atoms with Crippen LogP contribution in [-0.4, -0.2) is 157 Å². The van der Waals surface area contributed by atoms with Gasteiger partial charge in [-0.2, -0.15) is 0 Å². The molecule has 1 fully saturated rings. The fourth-order valence-electron chi connectivity index (χ4n) is 3.30. The fraction of sp³-hybridized carbons (Fsp3) is 0.950. The van der Waals surface area contributed by atoms with Gasteiger partial charge in [0.15, 0.2) is 6.29 Å². The number of hydrogen-bond donors (Lipinski definition) is 11. The second-order valence-electron chi connectivity index (χ2n) is 9.45. The highest BCUT2D eigenvalue weighted by molar-refractivity contribution is 7.47. The highest BCUT2D eigenvalue weighted by Gasteiger charge is 2.48. The first-order valence-electron chi connectivity index (χ1n) is 12.5. The number of phosphoric acid groups is 2. The van der Waals surface area contributed by atoms with E-state index in [1.807, 2.05) is 0 Å². The summed E-state index contributed by atoms with van der Waals surface area (Å²) in [4.78, 5) is 31.3. The van der Waals surface area contributed by atoms with Gasteiger partial charge in [-0.3, -0.25) is 22.9 Å². The number of amides is 1. The summed E-state index contributed by atoms with van der Waals surface area (Å²) in [6.07, 6.45) is -17.2. The van der Waals surface area contributed by atoms with E-state index in [0.29, 0.717) is 0 Å². The molecular weight excluding hydrogens is 620 g/mol. The van der Waals surface area contributed by atoms with Crippen LogP contribution in [0.15, 0.2) is 0 Å². The Morgan fingerprint density at radius 1 is 0.833 bits per heavy atom. The molecule has 1 aliphatic rings. The van der Waals surface area contributed by atoms with E-state index < -0.39 is 122 Å². The van der Waals surface area contributed by atoms with Crippen molar-refractivity contribution in [1.29, 1.82) is 0 Å². The van der Waals surface area contributed by atoms with E-state index in [2.05, 4.69) is 23.4 Å². The molecule has 0 aromatic rings. The SMILES string of the molecule is CC(=O)N[C@H]1[C@H](O[C@H]([C@H](O)COP(=O)(O)OC[C@@H](C)O)[C@@H](O)COP(=O)(O)OC[C@@H](O)[C@H](C)O)O[C@H](CO)[C@@H](O)[C@@H]1O. The van der Waals surface area contributed by atoms with E-state index in [-0.39, 0.29) is 0 Å². The smallest absolute Gasteiger partial charge is 0.394 e. The van der Waals surface area contributed by atoms with Crippen LogP contribution >= 0.6 is 15.6 Å². The molecule has 250 valence electrons. The summed E-state index contributed by atoms with van der Waals surface area (Å²) in [6.45, 7) is -1.16. The number of aliphatic hydroxyl groups is 8. The molecule has 0 radical (unpaired) electrons. The van der Waals surface area contributed by atoms with E-state index in [4.69, 9.17) is 9.47 Å². The van der Waals surface area contributed by atoms with Crippen LogP contribution in [0.3, 0.4) is 0 Å². The van der Waals surface area contributed by atoms with E-state index >= 15 is 0 Å². The minimum atomic E-state index is -5.00. The van der Waals surface area contributed by atoms with Crippen molar-refractivity contribution in [1.82, 2.24) is 5.32 Å². The van der Waals surface area contributed by atoms with Crippen LogP contribution in [0.25, 0.3) is 0 Å². The Bertz CT molecular complexity index is 911. The molecule has 0 spiro atoms. The molecule has 0 aromatic heterocycles. The molecule has 22 heteroatoms. The molecule has 1 amide bonds. The molecule has 0 bridgehead atoms. The molecule has 0 saturated carbocycles. The number of rotatable bonds is 19. The number of carbonyl (C=O) groups excluding carboxylic acids is 1. The molecule has 0 aliphatic carbocycles. The molecule has 1 saturated heterocycles. The third-order valence-corrected chi connectivity index (χ3v) is 7.46. The first kappa shape index (κ1) is 39.3. The third kappa shape index (κ3) is 13.5. The molecule has 1 aliphatic heterocycles. The van der Waals surface area contributed by atoms with E-state index in [1.54, 1.807) is 0 Å². The predicted molar refractivity (Wildman–Crippen MR) is 135 cm³/mol. The Labute approximate surface area is 240 Å². The van der Waals surface area contributed by atoms with Gasteiger partial charge in [0, 0.05) is 6.92 Å². The minimum absolute atomic E-state index is 0.632. The van der Waals surface area contributed by atoms with E-state index in [9.17, 15) is 64.6 Å². The maximum Gasteiger partial charge on any atom is 0.472 e. The summed E-state index contributed by atoms with van der Waals surface area (Å²) in [6, 6.07) is -1.57. The lowest BCUT2D eigenvalue weighted by Gasteiger charge is -2.44. The Balaban J connectivity index is 3.16. The van der Waals surface area contributed by atoms with E-state index in [0.717, 1.165) is 6.92 Å². The first-order valence-corrected chi connectivity index (χ1v) is 15.5. The summed E-state index contributed by atoms with van der Waals surface area (Å²) in [5.41, 5.74) is 0. The van der Waals surface area contributed by atoms with Crippen LogP contribution in [0.2, 0.25) is 0 Å². The predicted octanol–water partition coefficient (Wildman–Crippen LogP) is -4.57. The van der Waals surface area contributed by atoms with Crippen molar-refractivity contribution >= 4 is 21.6 Å². The Kier molecular flexibility index (Phi) is 16.6. The zero-order valence-electron chi connectivity index (χ0n) is 22.9. The summed E-state index contributed by atoms with van der Waals surface area (Å²) in [7, 11) is -9.88. The van der Waals surface area contributed by atoms with Gasteiger partial charge >= 0.3 is 15.6 Å². The van der Waals surface area contributed by atoms with Crippen molar-refractivity contribution in [3.8, 4) is 0 Å². The van der Waals surface area contributed by atoms with Crippen molar-refractivity contribution < 1.29 is 92.1 Å². The van der Waals surface area contributed by atoms with Gasteiger partial charge in [0.1, 0.15) is 48.8 Å². The standard InChI is InChI=1S/C20H41NO19P2/c1-9(23)5-35-41(31,32)37-7-13(27)19(14(28)8-38-42(33,34)36-6-12(26)10(2)24)40-20-16(21-11(3)25)18(30)17(29)15(4-22)39-20/h9-10,12-20,22-24,26-30H,4-8H2,1-3H3,(H,21,25)(H,31,32)(H,33,34)/t9-,10+,12-,13-,14+,15-,16-,17-,18-,19-,20+/m1/s1.